The van der Waals surface area contributed by atoms with Crippen LogP contribution in [0.5, 0.6) is 0 Å². The first-order valence-corrected chi connectivity index (χ1v) is 3.94. The maximum absolute atomic E-state index is 5.83. The Morgan fingerprint density at radius 1 is 1.20 bits per heavy atom. The molecule has 3 N–H and O–H groups in total. The standard InChI is InChI=1S/C7H14N2O/c8-5-1-6-3-10-4-7(2-5)9-6/h5-7,9H,1-4,8H2/t5?,6-,7+. The summed E-state index contributed by atoms with van der Waals surface area (Å²) in [6, 6.07) is 1.46. The van der Waals surface area contributed by atoms with Crippen molar-refractivity contribution in [2.45, 2.75) is 31.0 Å². The predicted octanol–water partition coefficient (Wildman–Crippen LogP) is -0.536. The molecule has 0 aliphatic carbocycles. The highest BCUT2D eigenvalue weighted by Gasteiger charge is 2.29. The summed E-state index contributed by atoms with van der Waals surface area (Å²) in [5.74, 6) is 0. The molecule has 2 bridgehead atoms. The van der Waals surface area contributed by atoms with Crippen molar-refractivity contribution in [1.82, 2.24) is 5.32 Å². The lowest BCUT2D eigenvalue weighted by Crippen LogP contribution is -2.57. The minimum Gasteiger partial charge on any atom is -0.378 e. The molecule has 1 unspecified atom stereocenters. The van der Waals surface area contributed by atoms with Gasteiger partial charge in [0.2, 0.25) is 0 Å². The van der Waals surface area contributed by atoms with Gasteiger partial charge in [-0.2, -0.15) is 0 Å². The van der Waals surface area contributed by atoms with Gasteiger partial charge in [0.25, 0.3) is 0 Å². The van der Waals surface area contributed by atoms with Crippen LogP contribution >= 0.6 is 0 Å². The lowest BCUT2D eigenvalue weighted by molar-refractivity contribution is 0.0188. The van der Waals surface area contributed by atoms with E-state index >= 15 is 0 Å². The maximum atomic E-state index is 5.83. The van der Waals surface area contributed by atoms with Crippen molar-refractivity contribution >= 4 is 0 Å². The van der Waals surface area contributed by atoms with Gasteiger partial charge in [0.05, 0.1) is 13.2 Å². The zero-order valence-corrected chi connectivity index (χ0v) is 6.05. The molecule has 3 atom stereocenters. The summed E-state index contributed by atoms with van der Waals surface area (Å²) in [5, 5.41) is 3.48. The molecule has 2 heterocycles. The van der Waals surface area contributed by atoms with Crippen LogP contribution < -0.4 is 11.1 Å². The first-order valence-electron chi connectivity index (χ1n) is 3.94. The first-order chi connectivity index (χ1) is 4.84. The van der Waals surface area contributed by atoms with Gasteiger partial charge in [0.1, 0.15) is 0 Å². The van der Waals surface area contributed by atoms with Gasteiger partial charge in [-0.05, 0) is 12.8 Å². The highest BCUT2D eigenvalue weighted by Crippen LogP contribution is 2.16. The van der Waals surface area contributed by atoms with Crippen molar-refractivity contribution in [3.63, 3.8) is 0 Å². The second kappa shape index (κ2) is 2.49. The molecule has 2 fully saturated rings. The van der Waals surface area contributed by atoms with Crippen molar-refractivity contribution in [1.29, 1.82) is 0 Å². The van der Waals surface area contributed by atoms with Crippen LogP contribution in [-0.4, -0.2) is 31.3 Å². The summed E-state index contributed by atoms with van der Waals surface area (Å²) in [5.41, 5.74) is 5.83. The fourth-order valence-electron chi connectivity index (χ4n) is 1.88. The van der Waals surface area contributed by atoms with E-state index in [2.05, 4.69) is 5.32 Å². The monoisotopic (exact) mass is 142 g/mol. The zero-order valence-electron chi connectivity index (χ0n) is 6.05. The van der Waals surface area contributed by atoms with Crippen molar-refractivity contribution in [3.8, 4) is 0 Å². The normalized spacial score (nSPS) is 47.1. The van der Waals surface area contributed by atoms with Crippen LogP contribution in [0.4, 0.5) is 0 Å². The average Bonchev–Trinajstić information content (AvgIpc) is 1.85. The van der Waals surface area contributed by atoms with Gasteiger partial charge in [0, 0.05) is 18.1 Å². The van der Waals surface area contributed by atoms with E-state index in [0.717, 1.165) is 26.1 Å². The summed E-state index contributed by atoms with van der Waals surface area (Å²) < 4.78 is 5.37. The summed E-state index contributed by atoms with van der Waals surface area (Å²) >= 11 is 0. The molecule has 2 rings (SSSR count). The third-order valence-corrected chi connectivity index (χ3v) is 2.28. The maximum Gasteiger partial charge on any atom is 0.0621 e. The van der Waals surface area contributed by atoms with Crippen LogP contribution in [0.15, 0.2) is 0 Å². The van der Waals surface area contributed by atoms with Crippen molar-refractivity contribution in [2.75, 3.05) is 13.2 Å². The van der Waals surface area contributed by atoms with Crippen LogP contribution in [0.3, 0.4) is 0 Å². The van der Waals surface area contributed by atoms with Crippen LogP contribution in [0, 0.1) is 0 Å². The lowest BCUT2D eigenvalue weighted by Gasteiger charge is -2.38. The zero-order chi connectivity index (χ0) is 6.97. The van der Waals surface area contributed by atoms with E-state index in [-0.39, 0.29) is 0 Å². The number of fused-ring (bicyclic) bond motifs is 2. The second-order valence-electron chi connectivity index (χ2n) is 3.33. The Morgan fingerprint density at radius 3 is 2.40 bits per heavy atom. The number of piperidine rings is 1. The van der Waals surface area contributed by atoms with Gasteiger partial charge in [-0.3, -0.25) is 0 Å². The molecule has 0 radical (unpaired) electrons. The van der Waals surface area contributed by atoms with Gasteiger partial charge >= 0.3 is 0 Å². The molecular formula is C7H14N2O. The van der Waals surface area contributed by atoms with E-state index in [0.29, 0.717) is 18.1 Å². The summed E-state index contributed by atoms with van der Waals surface area (Å²) in [4.78, 5) is 0. The molecule has 10 heavy (non-hydrogen) atoms. The number of morpholine rings is 1. The van der Waals surface area contributed by atoms with Crippen molar-refractivity contribution in [2.24, 2.45) is 5.73 Å². The minimum atomic E-state index is 0.403. The fraction of sp³-hybridized carbons (Fsp3) is 1.00. The van der Waals surface area contributed by atoms with Gasteiger partial charge in [-0.15, -0.1) is 0 Å². The molecule has 0 aromatic heterocycles. The average molecular weight is 142 g/mol. The van der Waals surface area contributed by atoms with E-state index in [1.165, 1.54) is 0 Å². The van der Waals surface area contributed by atoms with Crippen molar-refractivity contribution in [3.05, 3.63) is 0 Å². The predicted molar refractivity (Wildman–Crippen MR) is 38.7 cm³/mol. The number of nitrogens with one attached hydrogen (secondary N) is 1. The summed E-state index contributed by atoms with van der Waals surface area (Å²) in [7, 11) is 0. The molecule has 0 amide bonds. The first kappa shape index (κ1) is 6.58. The molecule has 58 valence electrons. The molecule has 0 aromatic rings. The van der Waals surface area contributed by atoms with E-state index in [4.69, 9.17) is 10.5 Å². The molecule has 3 heteroatoms. The van der Waals surface area contributed by atoms with Crippen LogP contribution in [0.1, 0.15) is 12.8 Å². The molecule has 0 saturated carbocycles. The number of nitrogens with two attached hydrogens (primary N) is 1. The smallest absolute Gasteiger partial charge is 0.0621 e. The largest absolute Gasteiger partial charge is 0.378 e. The molecule has 2 aliphatic heterocycles. The summed E-state index contributed by atoms with van der Waals surface area (Å²) in [6.45, 7) is 1.70. The lowest BCUT2D eigenvalue weighted by atomic mass is 9.93. The van der Waals surface area contributed by atoms with E-state index in [1.807, 2.05) is 0 Å². The Balaban J connectivity index is 1.98. The topological polar surface area (TPSA) is 47.3 Å². The van der Waals surface area contributed by atoms with E-state index < -0.39 is 0 Å². The molecule has 2 saturated heterocycles. The number of ether oxygens (including phenoxy) is 1. The van der Waals surface area contributed by atoms with Crippen molar-refractivity contribution < 1.29 is 4.74 Å². The molecule has 0 spiro atoms. The molecule has 2 aliphatic rings. The van der Waals surface area contributed by atoms with Gasteiger partial charge in [0.15, 0.2) is 0 Å². The molecule has 3 nitrogen and oxygen atoms in total. The highest BCUT2D eigenvalue weighted by atomic mass is 16.5. The molecule has 0 aromatic carbocycles. The van der Waals surface area contributed by atoms with Gasteiger partial charge in [-0.25, -0.2) is 0 Å². The highest BCUT2D eigenvalue weighted by molar-refractivity contribution is 4.89. The quantitative estimate of drug-likeness (QED) is 0.478. The minimum absolute atomic E-state index is 0.403. The third kappa shape index (κ3) is 1.17. The number of rotatable bonds is 0. The Morgan fingerprint density at radius 2 is 1.80 bits per heavy atom. The third-order valence-electron chi connectivity index (χ3n) is 2.28. The molecular weight excluding hydrogens is 128 g/mol. The second-order valence-corrected chi connectivity index (χ2v) is 3.33. The van der Waals surface area contributed by atoms with Gasteiger partial charge < -0.3 is 15.8 Å². The summed E-state index contributed by atoms with van der Waals surface area (Å²) in [6.07, 6.45) is 2.16. The number of hydrogen-bond donors (Lipinski definition) is 2. The SMILES string of the molecule is NC1C[C@H]2COC[C@@H](C1)N2. The van der Waals surface area contributed by atoms with Crippen LogP contribution in [0.25, 0.3) is 0 Å². The Labute approximate surface area is 60.9 Å². The fourth-order valence-corrected chi connectivity index (χ4v) is 1.88. The van der Waals surface area contributed by atoms with Gasteiger partial charge in [-0.1, -0.05) is 0 Å². The number of hydrogen-bond acceptors (Lipinski definition) is 3. The van der Waals surface area contributed by atoms with E-state index in [1.54, 1.807) is 0 Å². The Kier molecular flexibility index (Phi) is 1.64. The Hall–Kier alpha value is -0.120. The van der Waals surface area contributed by atoms with Crippen LogP contribution in [-0.2, 0) is 4.74 Å². The van der Waals surface area contributed by atoms with Crippen LogP contribution in [0.2, 0.25) is 0 Å². The Bertz CT molecular complexity index is 113. The van der Waals surface area contributed by atoms with E-state index in [9.17, 15) is 0 Å².